The molecule has 3 rings (SSSR count). The smallest absolute Gasteiger partial charge is 0.258 e. The molecule has 0 radical (unpaired) electrons. The molecule has 1 N–H and O–H groups in total. The Kier molecular flexibility index (Phi) is 3.56. The highest BCUT2D eigenvalue weighted by Gasteiger charge is 2.18. The maximum absolute atomic E-state index is 11.8. The molecule has 2 aromatic rings. The van der Waals surface area contributed by atoms with Crippen molar-refractivity contribution in [2.75, 3.05) is 20.3 Å². The number of H-pyrrole nitrogens is 1. The van der Waals surface area contributed by atoms with E-state index in [0.717, 1.165) is 12.8 Å². The first-order valence-corrected chi connectivity index (χ1v) is 6.58. The fourth-order valence-electron chi connectivity index (χ4n) is 2.30. The first kappa shape index (κ1) is 12.9. The average Bonchev–Trinajstić information content (AvgIpc) is 2.48. The molecule has 6 nitrogen and oxygen atoms in total. The van der Waals surface area contributed by atoms with E-state index in [1.165, 1.54) is 6.33 Å². The highest BCUT2D eigenvalue weighted by Crippen LogP contribution is 2.32. The number of ether oxygens (including phenoxy) is 3. The first-order chi connectivity index (χ1) is 9.78. The molecule has 0 unspecified atom stereocenters. The lowest BCUT2D eigenvalue weighted by Gasteiger charge is -2.24. The van der Waals surface area contributed by atoms with Gasteiger partial charge in [0, 0.05) is 18.9 Å². The van der Waals surface area contributed by atoms with Gasteiger partial charge in [-0.05, 0) is 6.07 Å². The van der Waals surface area contributed by atoms with Gasteiger partial charge >= 0.3 is 0 Å². The molecule has 0 aliphatic carbocycles. The Morgan fingerprint density at radius 2 is 2.10 bits per heavy atom. The molecule has 106 valence electrons. The van der Waals surface area contributed by atoms with Crippen LogP contribution in [0, 0.1) is 0 Å². The van der Waals surface area contributed by atoms with Gasteiger partial charge in [0.15, 0.2) is 11.5 Å². The van der Waals surface area contributed by atoms with Gasteiger partial charge in [-0.1, -0.05) is 0 Å². The quantitative estimate of drug-likeness (QED) is 0.919. The van der Waals surface area contributed by atoms with E-state index in [4.69, 9.17) is 14.2 Å². The number of nitrogens with zero attached hydrogens (tertiary/aromatic N) is 1. The van der Waals surface area contributed by atoms with Crippen molar-refractivity contribution < 1.29 is 14.2 Å². The van der Waals surface area contributed by atoms with Gasteiger partial charge in [0.25, 0.3) is 5.56 Å². The van der Waals surface area contributed by atoms with Crippen molar-refractivity contribution in [2.24, 2.45) is 0 Å². The van der Waals surface area contributed by atoms with Crippen LogP contribution in [-0.4, -0.2) is 36.4 Å². The zero-order chi connectivity index (χ0) is 13.9. The lowest BCUT2D eigenvalue weighted by Crippen LogP contribution is -2.26. The van der Waals surface area contributed by atoms with E-state index >= 15 is 0 Å². The Morgan fingerprint density at radius 1 is 1.30 bits per heavy atom. The molecule has 0 atom stereocenters. The van der Waals surface area contributed by atoms with Gasteiger partial charge in [-0.25, -0.2) is 4.98 Å². The standard InChI is InChI=1S/C14H16N2O4/c1-18-12-7-11-10(14(17)16-8-15-11)6-13(12)20-9-2-4-19-5-3-9/h6-9H,2-5H2,1H3,(H,15,16,17). The van der Waals surface area contributed by atoms with E-state index in [9.17, 15) is 4.79 Å². The van der Waals surface area contributed by atoms with Crippen LogP contribution < -0.4 is 15.0 Å². The second kappa shape index (κ2) is 5.50. The van der Waals surface area contributed by atoms with Gasteiger partial charge in [0.1, 0.15) is 6.10 Å². The third-order valence-corrected chi connectivity index (χ3v) is 3.39. The number of hydrogen-bond donors (Lipinski definition) is 1. The molecule has 2 heterocycles. The van der Waals surface area contributed by atoms with Gasteiger partial charge in [0.05, 0.1) is 37.6 Å². The van der Waals surface area contributed by atoms with Gasteiger partial charge in [-0.2, -0.15) is 0 Å². The van der Waals surface area contributed by atoms with Gasteiger partial charge in [-0.3, -0.25) is 4.79 Å². The third kappa shape index (κ3) is 2.46. The molecule has 1 fully saturated rings. The SMILES string of the molecule is COc1cc2nc[nH]c(=O)c2cc1OC1CCOCC1. The van der Waals surface area contributed by atoms with Crippen molar-refractivity contribution in [1.82, 2.24) is 9.97 Å². The topological polar surface area (TPSA) is 73.4 Å². The van der Waals surface area contributed by atoms with E-state index in [2.05, 4.69) is 9.97 Å². The summed E-state index contributed by atoms with van der Waals surface area (Å²) in [5.74, 6) is 1.16. The molecule has 0 bridgehead atoms. The zero-order valence-corrected chi connectivity index (χ0v) is 11.2. The van der Waals surface area contributed by atoms with Crippen molar-refractivity contribution in [3.8, 4) is 11.5 Å². The second-order valence-electron chi connectivity index (χ2n) is 4.68. The van der Waals surface area contributed by atoms with E-state index in [1.807, 2.05) is 0 Å². The van der Waals surface area contributed by atoms with Crippen LogP contribution in [-0.2, 0) is 4.74 Å². The van der Waals surface area contributed by atoms with Crippen molar-refractivity contribution in [1.29, 1.82) is 0 Å². The number of aromatic nitrogens is 2. The minimum atomic E-state index is -0.186. The molecule has 0 amide bonds. The number of benzene rings is 1. The van der Waals surface area contributed by atoms with E-state index in [0.29, 0.717) is 35.6 Å². The highest BCUT2D eigenvalue weighted by atomic mass is 16.5. The molecule has 1 saturated heterocycles. The Hall–Kier alpha value is -2.08. The van der Waals surface area contributed by atoms with Gasteiger partial charge < -0.3 is 19.2 Å². The van der Waals surface area contributed by atoms with Crippen LogP contribution in [0.25, 0.3) is 10.9 Å². The normalized spacial score (nSPS) is 16.2. The maximum atomic E-state index is 11.8. The van der Waals surface area contributed by atoms with Crippen molar-refractivity contribution >= 4 is 10.9 Å². The van der Waals surface area contributed by atoms with E-state index < -0.39 is 0 Å². The summed E-state index contributed by atoms with van der Waals surface area (Å²) >= 11 is 0. The van der Waals surface area contributed by atoms with Crippen LogP contribution in [0.2, 0.25) is 0 Å². The lowest BCUT2D eigenvalue weighted by atomic mass is 10.1. The summed E-state index contributed by atoms with van der Waals surface area (Å²) in [5, 5.41) is 0.496. The van der Waals surface area contributed by atoms with E-state index in [1.54, 1.807) is 19.2 Å². The zero-order valence-electron chi connectivity index (χ0n) is 11.2. The van der Waals surface area contributed by atoms with Crippen LogP contribution in [0.3, 0.4) is 0 Å². The minimum absolute atomic E-state index is 0.0888. The Labute approximate surface area is 115 Å². The molecule has 0 spiro atoms. The van der Waals surface area contributed by atoms with E-state index in [-0.39, 0.29) is 11.7 Å². The number of hydrogen-bond acceptors (Lipinski definition) is 5. The van der Waals surface area contributed by atoms with Crippen LogP contribution in [0.1, 0.15) is 12.8 Å². The number of fused-ring (bicyclic) bond motifs is 1. The van der Waals surface area contributed by atoms with Crippen LogP contribution in [0.15, 0.2) is 23.3 Å². The summed E-state index contributed by atoms with van der Waals surface area (Å²) in [6.07, 6.45) is 3.14. The molecular formula is C14H16N2O4. The highest BCUT2D eigenvalue weighted by molar-refractivity contribution is 5.81. The number of rotatable bonds is 3. The maximum Gasteiger partial charge on any atom is 0.258 e. The van der Waals surface area contributed by atoms with Crippen molar-refractivity contribution in [3.63, 3.8) is 0 Å². The van der Waals surface area contributed by atoms with Crippen LogP contribution in [0.5, 0.6) is 11.5 Å². The largest absolute Gasteiger partial charge is 0.493 e. The summed E-state index contributed by atoms with van der Waals surface area (Å²) in [6, 6.07) is 3.41. The van der Waals surface area contributed by atoms with Crippen LogP contribution in [0.4, 0.5) is 0 Å². The first-order valence-electron chi connectivity index (χ1n) is 6.58. The summed E-state index contributed by atoms with van der Waals surface area (Å²) in [6.45, 7) is 1.39. The lowest BCUT2D eigenvalue weighted by molar-refractivity contribution is 0.0246. The van der Waals surface area contributed by atoms with Crippen LogP contribution >= 0.6 is 0 Å². The predicted octanol–water partition coefficient (Wildman–Crippen LogP) is 1.49. The Balaban J connectivity index is 1.99. The molecule has 1 aromatic heterocycles. The molecule has 6 heteroatoms. The Morgan fingerprint density at radius 3 is 2.85 bits per heavy atom. The number of methoxy groups -OCH3 is 1. The van der Waals surface area contributed by atoms with Gasteiger partial charge in [0.2, 0.25) is 0 Å². The fourth-order valence-corrected chi connectivity index (χ4v) is 2.30. The molecule has 1 aliphatic rings. The predicted molar refractivity (Wildman–Crippen MR) is 73.4 cm³/mol. The Bertz CT molecular complexity index is 662. The third-order valence-electron chi connectivity index (χ3n) is 3.39. The summed E-state index contributed by atoms with van der Waals surface area (Å²) in [4.78, 5) is 18.5. The summed E-state index contributed by atoms with van der Waals surface area (Å²) in [7, 11) is 1.57. The van der Waals surface area contributed by atoms with Gasteiger partial charge in [-0.15, -0.1) is 0 Å². The monoisotopic (exact) mass is 276 g/mol. The minimum Gasteiger partial charge on any atom is -0.493 e. The fraction of sp³-hybridized carbons (Fsp3) is 0.429. The molecule has 20 heavy (non-hydrogen) atoms. The molecular weight excluding hydrogens is 260 g/mol. The summed E-state index contributed by atoms with van der Waals surface area (Å²) in [5.41, 5.74) is 0.402. The molecule has 0 saturated carbocycles. The molecule has 1 aromatic carbocycles. The van der Waals surface area contributed by atoms with Crippen molar-refractivity contribution in [2.45, 2.75) is 18.9 Å². The van der Waals surface area contributed by atoms with Crippen molar-refractivity contribution in [3.05, 3.63) is 28.8 Å². The number of nitrogens with one attached hydrogen (secondary N) is 1. The average molecular weight is 276 g/mol. The second-order valence-corrected chi connectivity index (χ2v) is 4.68. The molecule has 1 aliphatic heterocycles. The number of aromatic amines is 1. The summed E-state index contributed by atoms with van der Waals surface area (Å²) < 4.78 is 16.6.